The highest BCUT2D eigenvalue weighted by Gasteiger charge is 2.13. The Morgan fingerprint density at radius 3 is 2.72 bits per heavy atom. The monoisotopic (exact) mass is 338 g/mol. The normalized spacial score (nSPS) is 12.6. The van der Waals surface area contributed by atoms with Gasteiger partial charge in [-0.05, 0) is 38.6 Å². The zero-order valence-electron chi connectivity index (χ0n) is 15.1. The molecular weight excluding hydrogens is 312 g/mol. The Bertz CT molecular complexity index is 778. The lowest BCUT2D eigenvalue weighted by molar-refractivity contribution is 0.242. The van der Waals surface area contributed by atoms with Gasteiger partial charge in [-0.3, -0.25) is 10.00 Å². The topological polar surface area (TPSA) is 57.1 Å². The van der Waals surface area contributed by atoms with Crippen LogP contribution in [0.4, 0.5) is 0 Å². The molecule has 0 radical (unpaired) electrons. The van der Waals surface area contributed by atoms with Gasteiger partial charge in [0.1, 0.15) is 11.5 Å². The first-order valence-corrected chi connectivity index (χ1v) is 8.67. The van der Waals surface area contributed by atoms with E-state index in [1.54, 1.807) is 0 Å². The average Bonchev–Trinajstić information content (AvgIpc) is 3.24. The van der Waals surface area contributed by atoms with Gasteiger partial charge in [-0.25, -0.2) is 0 Å². The summed E-state index contributed by atoms with van der Waals surface area (Å²) in [5, 5.41) is 10.7. The SMILES string of the molecule is Cc1ccc(-c2[nH]ncc2CNCC(C)N(C)Cc2ccccc2)o1. The molecule has 0 spiro atoms. The second-order valence-corrected chi connectivity index (χ2v) is 6.56. The largest absolute Gasteiger partial charge is 0.460 e. The molecule has 3 aromatic rings. The molecule has 0 aliphatic carbocycles. The molecule has 1 atom stereocenters. The summed E-state index contributed by atoms with van der Waals surface area (Å²) < 4.78 is 5.69. The number of rotatable bonds is 8. The predicted octanol–water partition coefficient (Wildman–Crippen LogP) is 3.59. The number of aromatic amines is 1. The third-order valence-electron chi connectivity index (χ3n) is 4.49. The van der Waals surface area contributed by atoms with Crippen LogP contribution in [0.1, 0.15) is 23.8 Å². The van der Waals surface area contributed by atoms with Gasteiger partial charge in [0.25, 0.3) is 0 Å². The van der Waals surface area contributed by atoms with E-state index >= 15 is 0 Å². The summed E-state index contributed by atoms with van der Waals surface area (Å²) in [7, 11) is 2.16. The van der Waals surface area contributed by atoms with E-state index in [1.807, 2.05) is 25.3 Å². The van der Waals surface area contributed by atoms with E-state index in [9.17, 15) is 0 Å². The number of nitrogens with zero attached hydrogens (tertiary/aromatic N) is 2. The first-order chi connectivity index (χ1) is 12.1. The predicted molar refractivity (Wildman–Crippen MR) is 100 cm³/mol. The second-order valence-electron chi connectivity index (χ2n) is 6.56. The number of hydrogen-bond acceptors (Lipinski definition) is 4. The average molecular weight is 338 g/mol. The molecule has 0 saturated heterocycles. The van der Waals surface area contributed by atoms with Crippen molar-refractivity contribution in [1.82, 2.24) is 20.4 Å². The third kappa shape index (κ3) is 4.59. The molecule has 132 valence electrons. The van der Waals surface area contributed by atoms with Crippen LogP contribution >= 0.6 is 0 Å². The summed E-state index contributed by atoms with van der Waals surface area (Å²) in [4.78, 5) is 2.36. The fraction of sp³-hybridized carbons (Fsp3) is 0.350. The lowest BCUT2D eigenvalue weighted by atomic mass is 10.2. The number of likely N-dealkylation sites (N-methyl/N-ethyl adjacent to an activating group) is 1. The zero-order valence-corrected chi connectivity index (χ0v) is 15.1. The number of nitrogens with one attached hydrogen (secondary N) is 2. The fourth-order valence-corrected chi connectivity index (χ4v) is 2.83. The quantitative estimate of drug-likeness (QED) is 0.659. The summed E-state index contributed by atoms with van der Waals surface area (Å²) in [5.41, 5.74) is 3.40. The molecule has 1 unspecified atom stereocenters. The van der Waals surface area contributed by atoms with Crippen molar-refractivity contribution >= 4 is 0 Å². The Morgan fingerprint density at radius 1 is 1.20 bits per heavy atom. The van der Waals surface area contributed by atoms with E-state index in [-0.39, 0.29) is 0 Å². The molecule has 2 N–H and O–H groups in total. The van der Waals surface area contributed by atoms with Gasteiger partial charge in [-0.1, -0.05) is 30.3 Å². The molecule has 0 bridgehead atoms. The van der Waals surface area contributed by atoms with E-state index in [1.165, 1.54) is 5.56 Å². The molecule has 0 aliphatic rings. The maximum Gasteiger partial charge on any atom is 0.152 e. The van der Waals surface area contributed by atoms with E-state index < -0.39 is 0 Å². The van der Waals surface area contributed by atoms with Crippen molar-refractivity contribution in [3.63, 3.8) is 0 Å². The maximum absolute atomic E-state index is 5.69. The highest BCUT2D eigenvalue weighted by Crippen LogP contribution is 2.23. The molecular formula is C20H26N4O. The van der Waals surface area contributed by atoms with Gasteiger partial charge in [-0.15, -0.1) is 0 Å². The van der Waals surface area contributed by atoms with Gasteiger partial charge >= 0.3 is 0 Å². The summed E-state index contributed by atoms with van der Waals surface area (Å²) in [6.07, 6.45) is 1.86. The van der Waals surface area contributed by atoms with Crippen LogP contribution in [0.5, 0.6) is 0 Å². The molecule has 2 aromatic heterocycles. The summed E-state index contributed by atoms with van der Waals surface area (Å²) >= 11 is 0. The standard InChI is InChI=1S/C20H26N4O/c1-15(24(3)14-17-7-5-4-6-8-17)11-21-12-18-13-22-23-20(18)19-10-9-16(2)25-19/h4-10,13,15,21H,11-12,14H2,1-3H3,(H,22,23). The summed E-state index contributed by atoms with van der Waals surface area (Å²) in [6.45, 7) is 6.80. The Hall–Kier alpha value is -2.37. The van der Waals surface area contributed by atoms with Crippen LogP contribution in [0.15, 0.2) is 53.1 Å². The van der Waals surface area contributed by atoms with Gasteiger partial charge in [0.05, 0.1) is 6.20 Å². The zero-order chi connectivity index (χ0) is 17.6. The molecule has 0 aliphatic heterocycles. The van der Waals surface area contributed by atoms with E-state index in [0.29, 0.717) is 6.04 Å². The number of aryl methyl sites for hydroxylation is 1. The lowest BCUT2D eigenvalue weighted by Gasteiger charge is -2.25. The first-order valence-electron chi connectivity index (χ1n) is 8.67. The number of aromatic nitrogens is 2. The highest BCUT2D eigenvalue weighted by atomic mass is 16.3. The Balaban J connectivity index is 1.50. The smallest absolute Gasteiger partial charge is 0.152 e. The molecule has 1 aromatic carbocycles. The number of furan rings is 1. The Labute approximate surface area is 149 Å². The van der Waals surface area contributed by atoms with Gasteiger partial charge < -0.3 is 9.73 Å². The van der Waals surface area contributed by atoms with E-state index in [0.717, 1.165) is 42.4 Å². The van der Waals surface area contributed by atoms with Gasteiger partial charge in [0, 0.05) is 31.2 Å². The minimum Gasteiger partial charge on any atom is -0.460 e. The lowest BCUT2D eigenvalue weighted by Crippen LogP contribution is -2.37. The fourth-order valence-electron chi connectivity index (χ4n) is 2.83. The van der Waals surface area contributed by atoms with Crippen LogP contribution in [0.3, 0.4) is 0 Å². The number of hydrogen-bond donors (Lipinski definition) is 2. The summed E-state index contributed by atoms with van der Waals surface area (Å²) in [6, 6.07) is 14.9. The van der Waals surface area contributed by atoms with Crippen LogP contribution in [-0.4, -0.2) is 34.7 Å². The van der Waals surface area contributed by atoms with Crippen molar-refractivity contribution in [1.29, 1.82) is 0 Å². The van der Waals surface area contributed by atoms with Crippen molar-refractivity contribution in [2.75, 3.05) is 13.6 Å². The van der Waals surface area contributed by atoms with Crippen LogP contribution in [0.2, 0.25) is 0 Å². The van der Waals surface area contributed by atoms with Gasteiger partial charge in [-0.2, -0.15) is 5.10 Å². The minimum atomic E-state index is 0.432. The Kier molecular flexibility index (Phi) is 5.68. The van der Waals surface area contributed by atoms with Crippen molar-refractivity contribution in [3.8, 4) is 11.5 Å². The molecule has 0 fully saturated rings. The molecule has 5 heteroatoms. The number of H-pyrrole nitrogens is 1. The van der Waals surface area contributed by atoms with Crippen molar-refractivity contribution in [3.05, 3.63) is 65.5 Å². The van der Waals surface area contributed by atoms with Crippen LogP contribution in [0.25, 0.3) is 11.5 Å². The molecule has 5 nitrogen and oxygen atoms in total. The molecule has 3 rings (SSSR count). The first kappa shape index (κ1) is 17.5. The Morgan fingerprint density at radius 2 is 2.00 bits per heavy atom. The van der Waals surface area contributed by atoms with E-state index in [4.69, 9.17) is 4.42 Å². The molecule has 2 heterocycles. The number of benzene rings is 1. The van der Waals surface area contributed by atoms with Crippen LogP contribution in [-0.2, 0) is 13.1 Å². The molecule has 25 heavy (non-hydrogen) atoms. The van der Waals surface area contributed by atoms with Crippen molar-refractivity contribution in [2.24, 2.45) is 0 Å². The second kappa shape index (κ2) is 8.14. The molecule has 0 amide bonds. The maximum atomic E-state index is 5.69. The minimum absolute atomic E-state index is 0.432. The summed E-state index contributed by atoms with van der Waals surface area (Å²) in [5.74, 6) is 1.74. The highest BCUT2D eigenvalue weighted by molar-refractivity contribution is 5.56. The van der Waals surface area contributed by atoms with Crippen molar-refractivity contribution < 1.29 is 4.42 Å². The third-order valence-corrected chi connectivity index (χ3v) is 4.49. The molecule has 0 saturated carbocycles. The van der Waals surface area contributed by atoms with Gasteiger partial charge in [0.2, 0.25) is 0 Å². The van der Waals surface area contributed by atoms with Crippen LogP contribution in [0, 0.1) is 6.92 Å². The van der Waals surface area contributed by atoms with Gasteiger partial charge in [0.15, 0.2) is 5.76 Å². The van der Waals surface area contributed by atoms with Crippen molar-refractivity contribution in [2.45, 2.75) is 33.0 Å². The van der Waals surface area contributed by atoms with Crippen LogP contribution < -0.4 is 5.32 Å². The van der Waals surface area contributed by atoms with E-state index in [2.05, 4.69) is 64.7 Å².